The van der Waals surface area contributed by atoms with Crippen LogP contribution in [0.3, 0.4) is 0 Å². The third kappa shape index (κ3) is 3.44. The third-order valence-corrected chi connectivity index (χ3v) is 3.03. The van der Waals surface area contributed by atoms with Gasteiger partial charge in [0.1, 0.15) is 5.82 Å². The van der Waals surface area contributed by atoms with E-state index in [1.165, 1.54) is 29.8 Å². The summed E-state index contributed by atoms with van der Waals surface area (Å²) in [6, 6.07) is 11.4. The monoisotopic (exact) mass is 291 g/mol. The first-order chi connectivity index (χ1) is 9.60. The van der Waals surface area contributed by atoms with Crippen LogP contribution in [0.2, 0.25) is 5.02 Å². The Morgan fingerprint density at radius 1 is 1.15 bits per heavy atom. The van der Waals surface area contributed by atoms with Gasteiger partial charge >= 0.3 is 0 Å². The summed E-state index contributed by atoms with van der Waals surface area (Å²) >= 11 is 6.12. The number of amides is 1. The first kappa shape index (κ1) is 14.2. The Morgan fingerprint density at radius 3 is 2.40 bits per heavy atom. The fraction of sp³-hybridized carbons (Fsp3) is 0. The maximum Gasteiger partial charge on any atom is 0.267 e. The van der Waals surface area contributed by atoms with Gasteiger partial charge in [-0.05, 0) is 41.0 Å². The zero-order valence-corrected chi connectivity index (χ0v) is 11.1. The zero-order valence-electron chi connectivity index (χ0n) is 10.3. The Morgan fingerprint density at radius 2 is 1.80 bits per heavy atom. The van der Waals surface area contributed by atoms with Gasteiger partial charge in [0.15, 0.2) is 0 Å². The number of hydrogen-bond donors (Lipinski definition) is 2. The summed E-state index contributed by atoms with van der Waals surface area (Å²) in [5, 5.41) is 8.84. The lowest BCUT2D eigenvalue weighted by Gasteiger charge is -2.05. The van der Waals surface area contributed by atoms with Gasteiger partial charge in [0, 0.05) is 11.1 Å². The summed E-state index contributed by atoms with van der Waals surface area (Å²) in [5.74, 6) is -0.932. The molecule has 0 saturated carbocycles. The molecular formula is C15H11ClFNO2. The minimum absolute atomic E-state index is 0.297. The van der Waals surface area contributed by atoms with E-state index in [0.717, 1.165) is 11.1 Å². The maximum atomic E-state index is 12.9. The minimum atomic E-state index is -0.635. The molecule has 0 bridgehead atoms. The fourth-order valence-electron chi connectivity index (χ4n) is 1.69. The summed E-state index contributed by atoms with van der Waals surface area (Å²) in [4.78, 5) is 10.9. The van der Waals surface area contributed by atoms with Crippen molar-refractivity contribution >= 4 is 23.6 Å². The van der Waals surface area contributed by atoms with Crippen LogP contribution in [-0.4, -0.2) is 11.1 Å². The van der Waals surface area contributed by atoms with Crippen molar-refractivity contribution in [2.45, 2.75) is 0 Å². The predicted molar refractivity (Wildman–Crippen MR) is 75.8 cm³/mol. The van der Waals surface area contributed by atoms with Gasteiger partial charge in [0.05, 0.1) is 0 Å². The summed E-state index contributed by atoms with van der Waals surface area (Å²) in [6.07, 6.45) is 2.65. The molecule has 0 radical (unpaired) electrons. The Labute approximate surface area is 120 Å². The van der Waals surface area contributed by atoms with E-state index in [1.807, 2.05) is 6.07 Å². The molecular weight excluding hydrogens is 281 g/mol. The SMILES string of the molecule is O=C(/C=C/c1ccc(-c2ccc(F)cc2)cc1Cl)NO. The number of benzene rings is 2. The van der Waals surface area contributed by atoms with Crippen molar-refractivity contribution in [3.63, 3.8) is 0 Å². The molecule has 0 heterocycles. The molecule has 2 N–H and O–H groups in total. The van der Waals surface area contributed by atoms with Crippen LogP contribution in [0.15, 0.2) is 48.5 Å². The second kappa shape index (κ2) is 6.32. The van der Waals surface area contributed by atoms with Crippen LogP contribution < -0.4 is 5.48 Å². The van der Waals surface area contributed by atoms with Crippen molar-refractivity contribution in [2.75, 3.05) is 0 Å². The average molecular weight is 292 g/mol. The van der Waals surface area contributed by atoms with Crippen LogP contribution in [0.25, 0.3) is 17.2 Å². The normalized spacial score (nSPS) is 10.8. The van der Waals surface area contributed by atoms with Crippen LogP contribution in [0.1, 0.15) is 5.56 Å². The molecule has 5 heteroatoms. The standard InChI is InChI=1S/C15H11ClFNO2/c16-14-9-12(10-3-6-13(17)7-4-10)2-1-11(14)5-8-15(19)18-20/h1-9,20H,(H,18,19)/b8-5+. The molecule has 0 spiro atoms. The summed E-state index contributed by atoms with van der Waals surface area (Å²) < 4.78 is 12.9. The van der Waals surface area contributed by atoms with Gasteiger partial charge in [0.2, 0.25) is 0 Å². The van der Waals surface area contributed by atoms with Gasteiger partial charge in [0.25, 0.3) is 5.91 Å². The second-order valence-electron chi connectivity index (χ2n) is 4.05. The van der Waals surface area contributed by atoms with Crippen molar-refractivity contribution in [1.29, 1.82) is 0 Å². The molecule has 0 unspecified atom stereocenters. The number of nitrogens with one attached hydrogen (secondary N) is 1. The molecule has 102 valence electrons. The molecule has 0 atom stereocenters. The number of carbonyl (C=O) groups is 1. The van der Waals surface area contributed by atoms with Crippen molar-refractivity contribution in [2.24, 2.45) is 0 Å². The molecule has 0 saturated heterocycles. The smallest absolute Gasteiger partial charge is 0.267 e. The van der Waals surface area contributed by atoms with Crippen molar-refractivity contribution < 1.29 is 14.4 Å². The molecule has 1 amide bonds. The highest BCUT2D eigenvalue weighted by atomic mass is 35.5. The number of halogens is 2. The third-order valence-electron chi connectivity index (χ3n) is 2.70. The van der Waals surface area contributed by atoms with Gasteiger partial charge in [-0.2, -0.15) is 0 Å². The Balaban J connectivity index is 2.28. The maximum absolute atomic E-state index is 12.9. The molecule has 0 aliphatic carbocycles. The minimum Gasteiger partial charge on any atom is -0.288 e. The highest BCUT2D eigenvalue weighted by molar-refractivity contribution is 6.32. The molecule has 0 aliphatic heterocycles. The van der Waals surface area contributed by atoms with Crippen LogP contribution in [-0.2, 0) is 4.79 Å². The quantitative estimate of drug-likeness (QED) is 0.515. The van der Waals surface area contributed by atoms with E-state index < -0.39 is 5.91 Å². The number of hydroxylamine groups is 1. The van der Waals surface area contributed by atoms with Crippen LogP contribution >= 0.6 is 11.6 Å². The molecule has 0 aliphatic rings. The van der Waals surface area contributed by atoms with Crippen LogP contribution in [0, 0.1) is 5.82 Å². The number of hydrogen-bond acceptors (Lipinski definition) is 2. The lowest BCUT2D eigenvalue weighted by Crippen LogP contribution is -2.14. The average Bonchev–Trinajstić information content (AvgIpc) is 2.46. The first-order valence-electron chi connectivity index (χ1n) is 5.78. The molecule has 3 nitrogen and oxygen atoms in total. The second-order valence-corrected chi connectivity index (χ2v) is 4.46. The number of rotatable bonds is 3. The lowest BCUT2D eigenvalue weighted by atomic mass is 10.0. The van der Waals surface area contributed by atoms with E-state index in [2.05, 4.69) is 0 Å². The molecule has 0 fully saturated rings. The summed E-state index contributed by atoms with van der Waals surface area (Å²) in [7, 11) is 0. The van der Waals surface area contributed by atoms with E-state index in [9.17, 15) is 9.18 Å². The van der Waals surface area contributed by atoms with E-state index >= 15 is 0 Å². The Kier molecular flexibility index (Phi) is 4.50. The predicted octanol–water partition coefficient (Wildman–Crippen LogP) is 3.66. The highest BCUT2D eigenvalue weighted by Gasteiger charge is 2.03. The molecule has 2 aromatic rings. The topological polar surface area (TPSA) is 49.3 Å². The van der Waals surface area contributed by atoms with E-state index in [0.29, 0.717) is 10.6 Å². The van der Waals surface area contributed by atoms with Crippen molar-refractivity contribution in [3.8, 4) is 11.1 Å². The zero-order chi connectivity index (χ0) is 14.5. The van der Waals surface area contributed by atoms with Crippen LogP contribution in [0.4, 0.5) is 4.39 Å². The first-order valence-corrected chi connectivity index (χ1v) is 6.15. The molecule has 20 heavy (non-hydrogen) atoms. The molecule has 0 aromatic heterocycles. The van der Waals surface area contributed by atoms with Gasteiger partial charge in [-0.15, -0.1) is 0 Å². The largest absolute Gasteiger partial charge is 0.288 e. The molecule has 2 rings (SSSR count). The van der Waals surface area contributed by atoms with Crippen LogP contribution in [0.5, 0.6) is 0 Å². The van der Waals surface area contributed by atoms with Gasteiger partial charge < -0.3 is 0 Å². The van der Waals surface area contributed by atoms with Crippen molar-refractivity contribution in [1.82, 2.24) is 5.48 Å². The Hall–Kier alpha value is -2.17. The summed E-state index contributed by atoms with van der Waals surface area (Å²) in [5.41, 5.74) is 3.82. The van der Waals surface area contributed by atoms with Gasteiger partial charge in [-0.3, -0.25) is 10.0 Å². The van der Waals surface area contributed by atoms with E-state index in [4.69, 9.17) is 16.8 Å². The van der Waals surface area contributed by atoms with E-state index in [-0.39, 0.29) is 5.82 Å². The van der Waals surface area contributed by atoms with Gasteiger partial charge in [-0.1, -0.05) is 35.9 Å². The summed E-state index contributed by atoms with van der Waals surface area (Å²) in [6.45, 7) is 0. The number of carbonyl (C=O) groups excluding carboxylic acids is 1. The highest BCUT2D eigenvalue weighted by Crippen LogP contribution is 2.26. The Bertz CT molecular complexity index is 653. The van der Waals surface area contributed by atoms with Crippen molar-refractivity contribution in [3.05, 3.63) is 64.9 Å². The van der Waals surface area contributed by atoms with E-state index in [1.54, 1.807) is 24.3 Å². The molecule has 2 aromatic carbocycles. The fourth-order valence-corrected chi connectivity index (χ4v) is 1.93. The van der Waals surface area contributed by atoms with Gasteiger partial charge in [-0.25, -0.2) is 9.87 Å². The lowest BCUT2D eigenvalue weighted by molar-refractivity contribution is -0.124.